The number of hydrogen-bond acceptors (Lipinski definition) is 7. The smallest absolute Gasteiger partial charge is 0.312 e. The summed E-state index contributed by atoms with van der Waals surface area (Å²) < 4.78 is 16.8. The van der Waals surface area contributed by atoms with Crippen LogP contribution in [0.3, 0.4) is 0 Å². The topological polar surface area (TPSA) is 102 Å². The Bertz CT molecular complexity index is 926. The summed E-state index contributed by atoms with van der Waals surface area (Å²) >= 11 is 0. The molecule has 0 aromatic heterocycles. The summed E-state index contributed by atoms with van der Waals surface area (Å²) in [5.74, 6) is -2.46. The fraction of sp³-hybridized carbons (Fsp3) is 0.333. The van der Waals surface area contributed by atoms with Gasteiger partial charge in [-0.3, -0.25) is 9.59 Å². The quantitative estimate of drug-likeness (QED) is 0.687. The van der Waals surface area contributed by atoms with Gasteiger partial charge < -0.3 is 24.4 Å². The van der Waals surface area contributed by atoms with Crippen LogP contribution in [0.1, 0.15) is 25.0 Å². The van der Waals surface area contributed by atoms with Gasteiger partial charge in [0.1, 0.15) is 23.3 Å². The Hall–Kier alpha value is -3.32. The van der Waals surface area contributed by atoms with Gasteiger partial charge in [0.15, 0.2) is 0 Å². The normalized spacial score (nSPS) is 24.3. The fourth-order valence-electron chi connectivity index (χ4n) is 4.44. The number of ether oxygens (including phenoxy) is 3. The Morgan fingerprint density at radius 1 is 0.742 bits per heavy atom. The molecule has 162 valence electrons. The van der Waals surface area contributed by atoms with E-state index in [1.807, 2.05) is 0 Å². The van der Waals surface area contributed by atoms with Crippen molar-refractivity contribution in [2.45, 2.75) is 26.1 Å². The van der Waals surface area contributed by atoms with Gasteiger partial charge in [0, 0.05) is 0 Å². The lowest BCUT2D eigenvalue weighted by atomic mass is 9.72. The number of rotatable bonds is 6. The number of carbonyl (C=O) groups excluding carboxylic acids is 2. The van der Waals surface area contributed by atoms with Crippen LogP contribution in [0.5, 0.6) is 11.5 Å². The molecule has 31 heavy (non-hydrogen) atoms. The van der Waals surface area contributed by atoms with Gasteiger partial charge in [-0.2, -0.15) is 0 Å². The molecule has 1 saturated heterocycles. The monoisotopic (exact) mass is 424 g/mol. The molecule has 4 atom stereocenters. The van der Waals surface area contributed by atoms with Crippen LogP contribution in [0, 0.1) is 11.8 Å². The number of aromatic hydroxyl groups is 2. The third kappa shape index (κ3) is 3.65. The third-order valence-electron chi connectivity index (χ3n) is 5.67. The maximum absolute atomic E-state index is 12.9. The Balaban J connectivity index is 1.89. The molecule has 0 unspecified atom stereocenters. The average Bonchev–Trinajstić information content (AvgIpc) is 3.32. The predicted molar refractivity (Wildman–Crippen MR) is 112 cm³/mol. The van der Waals surface area contributed by atoms with Gasteiger partial charge in [-0.25, -0.2) is 0 Å². The van der Waals surface area contributed by atoms with Crippen molar-refractivity contribution in [2.24, 2.45) is 11.8 Å². The highest BCUT2D eigenvalue weighted by Crippen LogP contribution is 2.54. The van der Waals surface area contributed by atoms with Gasteiger partial charge >= 0.3 is 11.9 Å². The predicted octanol–water partition coefficient (Wildman–Crippen LogP) is 3.15. The molecule has 2 aromatic rings. The van der Waals surface area contributed by atoms with Crippen molar-refractivity contribution in [1.82, 2.24) is 0 Å². The van der Waals surface area contributed by atoms with Crippen LogP contribution in [0.25, 0.3) is 11.1 Å². The Morgan fingerprint density at radius 2 is 1.10 bits per heavy atom. The van der Waals surface area contributed by atoms with Crippen LogP contribution in [0.15, 0.2) is 48.5 Å². The van der Waals surface area contributed by atoms with Crippen molar-refractivity contribution < 1.29 is 34.0 Å². The van der Waals surface area contributed by atoms with Crippen LogP contribution in [-0.4, -0.2) is 47.6 Å². The second-order valence-corrected chi connectivity index (χ2v) is 7.45. The van der Waals surface area contributed by atoms with Gasteiger partial charge in [0.05, 0.1) is 25.4 Å². The first-order valence-corrected chi connectivity index (χ1v) is 10.3. The summed E-state index contributed by atoms with van der Waals surface area (Å²) in [7, 11) is 0. The zero-order valence-corrected chi connectivity index (χ0v) is 17.3. The lowest BCUT2D eigenvalue weighted by Crippen LogP contribution is -2.40. The van der Waals surface area contributed by atoms with Crippen molar-refractivity contribution in [3.05, 3.63) is 59.7 Å². The van der Waals surface area contributed by atoms with Gasteiger partial charge in [-0.05, 0) is 60.4 Å². The molecule has 2 aromatic carbocycles. The van der Waals surface area contributed by atoms with E-state index in [0.29, 0.717) is 0 Å². The van der Waals surface area contributed by atoms with Crippen LogP contribution in [-0.2, 0) is 23.8 Å². The van der Waals surface area contributed by atoms with Crippen LogP contribution < -0.4 is 0 Å². The molecular weight excluding hydrogens is 400 g/mol. The Morgan fingerprint density at radius 3 is 1.42 bits per heavy atom. The highest BCUT2D eigenvalue weighted by molar-refractivity contribution is 6.03. The van der Waals surface area contributed by atoms with Crippen molar-refractivity contribution in [3.8, 4) is 11.5 Å². The average molecular weight is 424 g/mol. The van der Waals surface area contributed by atoms with E-state index in [1.165, 1.54) is 0 Å². The van der Waals surface area contributed by atoms with E-state index in [0.717, 1.165) is 22.3 Å². The van der Waals surface area contributed by atoms with E-state index in [-0.39, 0.29) is 24.7 Å². The number of phenolic OH excluding ortho intramolecular Hbond substituents is 2. The summed E-state index contributed by atoms with van der Waals surface area (Å²) in [5.41, 5.74) is 3.05. The zero-order chi connectivity index (χ0) is 22.1. The summed E-state index contributed by atoms with van der Waals surface area (Å²) in [5, 5.41) is 19.4. The summed E-state index contributed by atoms with van der Waals surface area (Å²) in [6.07, 6.45) is -1.40. The third-order valence-corrected chi connectivity index (χ3v) is 5.67. The number of esters is 2. The minimum atomic E-state index is -0.839. The molecule has 0 spiro atoms. The highest BCUT2D eigenvalue weighted by Gasteiger charge is 2.60. The van der Waals surface area contributed by atoms with E-state index in [4.69, 9.17) is 14.2 Å². The van der Waals surface area contributed by atoms with E-state index >= 15 is 0 Å². The lowest BCUT2D eigenvalue weighted by Gasteiger charge is -2.29. The molecule has 1 fully saturated rings. The molecule has 2 bridgehead atoms. The van der Waals surface area contributed by atoms with Crippen molar-refractivity contribution in [1.29, 1.82) is 0 Å². The number of fused-ring (bicyclic) bond motifs is 2. The van der Waals surface area contributed by atoms with Crippen LogP contribution in [0.2, 0.25) is 0 Å². The number of hydrogen-bond donors (Lipinski definition) is 2. The van der Waals surface area contributed by atoms with Crippen molar-refractivity contribution in [2.75, 3.05) is 13.2 Å². The van der Waals surface area contributed by atoms with Gasteiger partial charge in [0.2, 0.25) is 0 Å². The first kappa shape index (κ1) is 20.9. The molecule has 2 N–H and O–H groups in total. The second kappa shape index (κ2) is 8.43. The molecule has 0 amide bonds. The van der Waals surface area contributed by atoms with Gasteiger partial charge in [-0.1, -0.05) is 24.3 Å². The number of benzene rings is 2. The first-order valence-electron chi connectivity index (χ1n) is 10.3. The molecule has 4 rings (SSSR count). The second-order valence-electron chi connectivity index (χ2n) is 7.45. The van der Waals surface area contributed by atoms with E-state index in [1.54, 1.807) is 62.4 Å². The van der Waals surface area contributed by atoms with E-state index < -0.39 is 36.0 Å². The fourth-order valence-corrected chi connectivity index (χ4v) is 4.44. The van der Waals surface area contributed by atoms with Crippen LogP contribution in [0.4, 0.5) is 0 Å². The van der Waals surface area contributed by atoms with Crippen molar-refractivity contribution in [3.63, 3.8) is 0 Å². The lowest BCUT2D eigenvalue weighted by molar-refractivity contribution is -0.159. The number of carbonyl (C=O) groups is 2. The van der Waals surface area contributed by atoms with Gasteiger partial charge in [0.25, 0.3) is 0 Å². The molecule has 2 aliphatic heterocycles. The Kier molecular flexibility index (Phi) is 5.69. The molecule has 0 radical (unpaired) electrons. The molecule has 2 aliphatic rings. The van der Waals surface area contributed by atoms with Crippen LogP contribution >= 0.6 is 0 Å². The maximum Gasteiger partial charge on any atom is 0.312 e. The minimum Gasteiger partial charge on any atom is -0.508 e. The summed E-state index contributed by atoms with van der Waals surface area (Å²) in [6.45, 7) is 3.80. The number of phenols is 2. The molecule has 7 nitrogen and oxygen atoms in total. The molecule has 7 heteroatoms. The van der Waals surface area contributed by atoms with E-state index in [9.17, 15) is 19.8 Å². The Labute approximate surface area is 179 Å². The maximum atomic E-state index is 12.9. The standard InChI is InChI=1S/C24H24O7/c1-3-29-23(27)19-20(24(28)30-4-2)22-18(14-7-11-16(26)12-8-14)17(21(19)31-22)13-5-9-15(25)10-6-13/h5-12,19-22,25-26H,3-4H2,1-2H3/t19-,20+,21-,22+. The first-order chi connectivity index (χ1) is 15.0. The molecular formula is C24H24O7. The molecule has 0 saturated carbocycles. The minimum absolute atomic E-state index is 0.117. The SMILES string of the molecule is CCOC(=O)[C@@H]1[C@H](C(=O)OCC)[C@H]2O[C@@H]1C(c1ccc(O)cc1)=C2c1ccc(O)cc1. The van der Waals surface area contributed by atoms with Gasteiger partial charge in [-0.15, -0.1) is 0 Å². The summed E-state index contributed by atoms with van der Waals surface area (Å²) in [4.78, 5) is 25.7. The largest absolute Gasteiger partial charge is 0.508 e. The van der Waals surface area contributed by atoms with E-state index in [2.05, 4.69) is 0 Å². The summed E-state index contributed by atoms with van der Waals surface area (Å²) in [6, 6.07) is 13.2. The molecule has 0 aliphatic carbocycles. The zero-order valence-electron chi connectivity index (χ0n) is 17.3. The molecule has 2 heterocycles. The highest BCUT2D eigenvalue weighted by atomic mass is 16.6. The van der Waals surface area contributed by atoms with Crippen molar-refractivity contribution >= 4 is 23.1 Å².